The van der Waals surface area contributed by atoms with E-state index in [0.29, 0.717) is 12.6 Å². The van der Waals surface area contributed by atoms with Crippen molar-refractivity contribution in [3.63, 3.8) is 0 Å². The number of hydrogen-bond acceptors (Lipinski definition) is 4. The summed E-state index contributed by atoms with van der Waals surface area (Å²) < 4.78 is 0. The minimum absolute atomic E-state index is 0.616. The molecule has 2 fully saturated rings. The quantitative estimate of drug-likeness (QED) is 0.752. The summed E-state index contributed by atoms with van der Waals surface area (Å²) in [6.07, 6.45) is 10.7. The maximum absolute atomic E-state index is 5.43. The fourth-order valence-electron chi connectivity index (χ4n) is 2.11. The summed E-state index contributed by atoms with van der Waals surface area (Å²) in [5, 5.41) is 12.0. The maximum Gasteiger partial charge on any atom is 0.152 e. The molecule has 19 heavy (non-hydrogen) atoms. The molecule has 0 aliphatic heterocycles. The smallest absolute Gasteiger partial charge is 0.152 e. The monoisotopic (exact) mass is 256 g/mol. The van der Waals surface area contributed by atoms with E-state index in [1.807, 2.05) is 12.1 Å². The Labute approximate surface area is 114 Å². The van der Waals surface area contributed by atoms with Gasteiger partial charge in [-0.1, -0.05) is 5.92 Å². The largest absolute Gasteiger partial charge is 0.344 e. The molecule has 0 amide bonds. The summed E-state index contributed by atoms with van der Waals surface area (Å²) in [5.74, 6) is 4.41. The Morgan fingerprint density at radius 3 is 2.68 bits per heavy atom. The summed E-state index contributed by atoms with van der Waals surface area (Å²) in [4.78, 5) is 2.16. The lowest BCUT2D eigenvalue weighted by molar-refractivity contribution is 0.662. The summed E-state index contributed by atoms with van der Waals surface area (Å²) in [6, 6.07) is 4.79. The average molecular weight is 256 g/mol. The first kappa shape index (κ1) is 12.4. The van der Waals surface area contributed by atoms with Gasteiger partial charge in [0.15, 0.2) is 5.82 Å². The molecule has 0 bridgehead atoms. The predicted octanol–water partition coefficient (Wildman–Crippen LogP) is 1.58. The van der Waals surface area contributed by atoms with Crippen LogP contribution in [0.2, 0.25) is 0 Å². The normalized spacial score (nSPS) is 18.1. The highest BCUT2D eigenvalue weighted by Crippen LogP contribution is 2.30. The summed E-state index contributed by atoms with van der Waals surface area (Å²) in [6.45, 7) is 2.44. The molecule has 1 heterocycles. The van der Waals surface area contributed by atoms with Crippen molar-refractivity contribution in [2.45, 2.75) is 38.3 Å². The Morgan fingerprint density at radius 2 is 2.11 bits per heavy atom. The summed E-state index contributed by atoms with van der Waals surface area (Å²) >= 11 is 0. The van der Waals surface area contributed by atoms with Crippen molar-refractivity contribution in [1.29, 1.82) is 0 Å². The molecule has 2 saturated carbocycles. The van der Waals surface area contributed by atoms with Gasteiger partial charge in [0.1, 0.15) is 0 Å². The molecule has 0 unspecified atom stereocenters. The number of aromatic nitrogens is 2. The molecule has 1 aromatic rings. The van der Waals surface area contributed by atoms with E-state index < -0.39 is 0 Å². The predicted molar refractivity (Wildman–Crippen MR) is 75.7 cm³/mol. The lowest BCUT2D eigenvalue weighted by Crippen LogP contribution is -2.27. The molecular formula is C15H20N4. The molecule has 1 aromatic heterocycles. The van der Waals surface area contributed by atoms with E-state index in [1.54, 1.807) is 0 Å². The van der Waals surface area contributed by atoms with Gasteiger partial charge in [-0.3, -0.25) is 0 Å². The van der Waals surface area contributed by atoms with Crippen molar-refractivity contribution in [2.75, 3.05) is 18.0 Å². The van der Waals surface area contributed by atoms with E-state index in [2.05, 4.69) is 26.3 Å². The van der Waals surface area contributed by atoms with Crippen LogP contribution >= 0.6 is 0 Å². The van der Waals surface area contributed by atoms with E-state index in [9.17, 15) is 0 Å². The van der Waals surface area contributed by atoms with E-state index in [0.717, 1.165) is 30.5 Å². The Balaban J connectivity index is 1.59. The van der Waals surface area contributed by atoms with Crippen LogP contribution in [0.3, 0.4) is 0 Å². The zero-order valence-electron chi connectivity index (χ0n) is 11.2. The van der Waals surface area contributed by atoms with Gasteiger partial charge < -0.3 is 10.2 Å². The third-order valence-electron chi connectivity index (χ3n) is 3.64. The highest BCUT2D eigenvalue weighted by Gasteiger charge is 2.25. The molecular weight excluding hydrogens is 236 g/mol. The van der Waals surface area contributed by atoms with Gasteiger partial charge >= 0.3 is 0 Å². The highest BCUT2D eigenvalue weighted by molar-refractivity contribution is 5.39. The molecule has 4 heteroatoms. The van der Waals surface area contributed by atoms with E-state index >= 15 is 0 Å². The van der Waals surface area contributed by atoms with E-state index in [1.165, 1.54) is 25.7 Å². The first-order valence-corrected chi connectivity index (χ1v) is 7.09. The first-order valence-electron chi connectivity index (χ1n) is 7.09. The zero-order chi connectivity index (χ0) is 13.1. The van der Waals surface area contributed by atoms with Gasteiger partial charge in [-0.25, -0.2) is 0 Å². The SMILES string of the molecule is C#CCN(CC1CC1)c1ccc(CNC2CC2)nn1. The average Bonchev–Trinajstić information content (AvgIpc) is 3.31. The van der Waals surface area contributed by atoms with E-state index in [4.69, 9.17) is 6.42 Å². The van der Waals surface area contributed by atoms with Crippen molar-refractivity contribution in [2.24, 2.45) is 5.92 Å². The summed E-state index contributed by atoms with van der Waals surface area (Å²) in [7, 11) is 0. The number of nitrogens with zero attached hydrogens (tertiary/aromatic N) is 3. The van der Waals surface area contributed by atoms with Crippen LogP contribution in [0, 0.1) is 18.3 Å². The van der Waals surface area contributed by atoms with Crippen molar-refractivity contribution >= 4 is 5.82 Å². The van der Waals surface area contributed by atoms with Gasteiger partial charge in [-0.05, 0) is 43.7 Å². The second-order valence-corrected chi connectivity index (χ2v) is 5.57. The molecule has 3 rings (SSSR count). The van der Waals surface area contributed by atoms with Gasteiger partial charge in [-0.15, -0.1) is 11.5 Å². The molecule has 2 aliphatic carbocycles. The Kier molecular flexibility index (Phi) is 3.65. The number of terminal acetylenes is 1. The second-order valence-electron chi connectivity index (χ2n) is 5.57. The molecule has 1 N–H and O–H groups in total. The van der Waals surface area contributed by atoms with Crippen LogP contribution in [-0.2, 0) is 6.54 Å². The van der Waals surface area contributed by atoms with Gasteiger partial charge in [-0.2, -0.15) is 5.10 Å². The van der Waals surface area contributed by atoms with Crippen molar-refractivity contribution in [3.05, 3.63) is 17.8 Å². The molecule has 0 spiro atoms. The molecule has 0 radical (unpaired) electrons. The molecule has 0 aromatic carbocycles. The standard InChI is InChI=1S/C15H20N4/c1-2-9-19(11-12-3-4-12)15-8-7-14(17-18-15)10-16-13-5-6-13/h1,7-8,12-13,16H,3-6,9-11H2. The first-order chi connectivity index (χ1) is 9.35. The van der Waals surface area contributed by atoms with Crippen LogP contribution in [0.15, 0.2) is 12.1 Å². The van der Waals surface area contributed by atoms with Crippen LogP contribution in [0.5, 0.6) is 0 Å². The zero-order valence-corrected chi connectivity index (χ0v) is 11.2. The maximum atomic E-state index is 5.43. The molecule has 2 aliphatic rings. The topological polar surface area (TPSA) is 41.0 Å². The van der Waals surface area contributed by atoms with Gasteiger partial charge in [0, 0.05) is 19.1 Å². The fourth-order valence-corrected chi connectivity index (χ4v) is 2.11. The Morgan fingerprint density at radius 1 is 1.26 bits per heavy atom. The minimum Gasteiger partial charge on any atom is -0.344 e. The number of rotatable bonds is 7. The molecule has 4 nitrogen and oxygen atoms in total. The fraction of sp³-hybridized carbons (Fsp3) is 0.600. The lowest BCUT2D eigenvalue weighted by atomic mass is 10.3. The number of anilines is 1. The van der Waals surface area contributed by atoms with Crippen LogP contribution in [0.4, 0.5) is 5.82 Å². The van der Waals surface area contributed by atoms with Gasteiger partial charge in [0.2, 0.25) is 0 Å². The Hall–Kier alpha value is -1.60. The third kappa shape index (κ3) is 3.68. The van der Waals surface area contributed by atoms with Crippen LogP contribution in [-0.4, -0.2) is 29.3 Å². The highest BCUT2D eigenvalue weighted by atomic mass is 15.3. The molecule has 0 atom stereocenters. The second kappa shape index (κ2) is 5.58. The van der Waals surface area contributed by atoms with Gasteiger partial charge in [0.25, 0.3) is 0 Å². The summed E-state index contributed by atoms with van der Waals surface area (Å²) in [5.41, 5.74) is 1.00. The van der Waals surface area contributed by atoms with Crippen LogP contribution in [0.1, 0.15) is 31.4 Å². The van der Waals surface area contributed by atoms with E-state index in [-0.39, 0.29) is 0 Å². The van der Waals surface area contributed by atoms with Crippen LogP contribution < -0.4 is 10.2 Å². The van der Waals surface area contributed by atoms with Crippen molar-refractivity contribution in [3.8, 4) is 12.3 Å². The Bertz CT molecular complexity index is 454. The van der Waals surface area contributed by atoms with Crippen molar-refractivity contribution < 1.29 is 0 Å². The van der Waals surface area contributed by atoms with Gasteiger partial charge in [0.05, 0.1) is 12.2 Å². The van der Waals surface area contributed by atoms with Crippen molar-refractivity contribution in [1.82, 2.24) is 15.5 Å². The number of hydrogen-bond donors (Lipinski definition) is 1. The molecule has 0 saturated heterocycles. The minimum atomic E-state index is 0.616. The molecule has 100 valence electrons. The number of nitrogens with one attached hydrogen (secondary N) is 1. The third-order valence-corrected chi connectivity index (χ3v) is 3.64. The lowest BCUT2D eigenvalue weighted by Gasteiger charge is -2.20. The van der Waals surface area contributed by atoms with Crippen LogP contribution in [0.25, 0.3) is 0 Å².